The minimum atomic E-state index is 0.130. The van der Waals surface area contributed by atoms with Crippen LogP contribution in [-0.2, 0) is 11.2 Å². The standard InChI is InChI=1S/C16H22N2OS2/c1-2-8-18-16(19)7-9-17-14(15-6-4-11-21-15)12-13-5-3-10-20-13/h3-6,10-11,14,17H,2,7-9,12H2,1H3,(H,18,19). The van der Waals surface area contributed by atoms with Crippen LogP contribution in [0.2, 0.25) is 0 Å². The number of thiophene rings is 2. The van der Waals surface area contributed by atoms with E-state index in [1.165, 1.54) is 9.75 Å². The first kappa shape index (κ1) is 16.2. The van der Waals surface area contributed by atoms with Crippen LogP contribution in [0.4, 0.5) is 0 Å². The molecule has 0 aliphatic heterocycles. The van der Waals surface area contributed by atoms with Gasteiger partial charge in [0.05, 0.1) is 0 Å². The van der Waals surface area contributed by atoms with Gasteiger partial charge in [0.15, 0.2) is 0 Å². The molecule has 0 saturated carbocycles. The summed E-state index contributed by atoms with van der Waals surface area (Å²) < 4.78 is 0. The first-order valence-electron chi connectivity index (χ1n) is 7.35. The fourth-order valence-electron chi connectivity index (χ4n) is 2.11. The Bertz CT molecular complexity index is 508. The minimum absolute atomic E-state index is 0.130. The molecule has 2 aromatic rings. The van der Waals surface area contributed by atoms with Crippen LogP contribution in [-0.4, -0.2) is 19.0 Å². The second-order valence-corrected chi connectivity index (χ2v) is 6.92. The maximum absolute atomic E-state index is 11.6. The van der Waals surface area contributed by atoms with Gasteiger partial charge in [0.1, 0.15) is 0 Å². The van der Waals surface area contributed by atoms with Crippen LogP contribution < -0.4 is 10.6 Å². The Labute approximate surface area is 134 Å². The highest BCUT2D eigenvalue weighted by atomic mass is 32.1. The Morgan fingerprint density at radius 2 is 2.00 bits per heavy atom. The first-order valence-corrected chi connectivity index (χ1v) is 9.11. The number of carbonyl (C=O) groups is 1. The van der Waals surface area contributed by atoms with Crippen molar-refractivity contribution in [3.63, 3.8) is 0 Å². The smallest absolute Gasteiger partial charge is 0.221 e. The molecule has 2 aromatic heterocycles. The molecule has 5 heteroatoms. The zero-order valence-electron chi connectivity index (χ0n) is 12.3. The highest BCUT2D eigenvalue weighted by molar-refractivity contribution is 7.10. The molecule has 0 aliphatic carbocycles. The highest BCUT2D eigenvalue weighted by Gasteiger charge is 2.14. The van der Waals surface area contributed by atoms with Crippen LogP contribution in [0.3, 0.4) is 0 Å². The second-order valence-electron chi connectivity index (χ2n) is 4.91. The maximum Gasteiger partial charge on any atom is 0.221 e. The zero-order chi connectivity index (χ0) is 14.9. The number of carbonyl (C=O) groups excluding carboxylic acids is 1. The number of rotatable bonds is 9. The van der Waals surface area contributed by atoms with Gasteiger partial charge in [-0.1, -0.05) is 19.1 Å². The van der Waals surface area contributed by atoms with Crippen LogP contribution in [0.5, 0.6) is 0 Å². The summed E-state index contributed by atoms with van der Waals surface area (Å²) in [4.78, 5) is 14.3. The molecule has 21 heavy (non-hydrogen) atoms. The SMILES string of the molecule is CCCNC(=O)CCNC(Cc1cccs1)c1cccs1. The normalized spacial score (nSPS) is 12.2. The van der Waals surface area contributed by atoms with Gasteiger partial charge in [-0.05, 0) is 29.3 Å². The topological polar surface area (TPSA) is 41.1 Å². The predicted octanol–water partition coefficient (Wildman–Crippen LogP) is 3.60. The van der Waals surface area contributed by atoms with E-state index in [0.717, 1.165) is 19.4 Å². The molecule has 2 heterocycles. The summed E-state index contributed by atoms with van der Waals surface area (Å²) in [7, 11) is 0. The van der Waals surface area contributed by atoms with Crippen molar-refractivity contribution < 1.29 is 4.79 Å². The summed E-state index contributed by atoms with van der Waals surface area (Å²) in [5.74, 6) is 0.130. The monoisotopic (exact) mass is 322 g/mol. The van der Waals surface area contributed by atoms with Crippen molar-refractivity contribution in [1.82, 2.24) is 10.6 Å². The van der Waals surface area contributed by atoms with E-state index < -0.39 is 0 Å². The van der Waals surface area contributed by atoms with Crippen LogP contribution in [0, 0.1) is 0 Å². The van der Waals surface area contributed by atoms with Gasteiger partial charge >= 0.3 is 0 Å². The maximum atomic E-state index is 11.6. The van der Waals surface area contributed by atoms with E-state index in [9.17, 15) is 4.79 Å². The fourth-order valence-corrected chi connectivity index (χ4v) is 3.66. The average Bonchev–Trinajstić information content (AvgIpc) is 3.17. The minimum Gasteiger partial charge on any atom is -0.356 e. The van der Waals surface area contributed by atoms with Crippen LogP contribution >= 0.6 is 22.7 Å². The second kappa shape index (κ2) is 8.97. The molecular weight excluding hydrogens is 300 g/mol. The van der Waals surface area contributed by atoms with E-state index in [4.69, 9.17) is 0 Å². The quantitative estimate of drug-likeness (QED) is 0.740. The Kier molecular flexibility index (Phi) is 6.92. The number of amides is 1. The third kappa shape index (κ3) is 5.61. The van der Waals surface area contributed by atoms with Gasteiger partial charge in [0.2, 0.25) is 5.91 Å². The number of hydrogen-bond acceptors (Lipinski definition) is 4. The van der Waals surface area contributed by atoms with Gasteiger partial charge < -0.3 is 10.6 Å². The Morgan fingerprint density at radius 1 is 1.19 bits per heavy atom. The van der Waals surface area contributed by atoms with Gasteiger partial charge in [0, 0.05) is 41.7 Å². The number of hydrogen-bond donors (Lipinski definition) is 2. The summed E-state index contributed by atoms with van der Waals surface area (Å²) in [5.41, 5.74) is 0. The molecule has 2 rings (SSSR count). The van der Waals surface area contributed by atoms with E-state index >= 15 is 0 Å². The largest absolute Gasteiger partial charge is 0.356 e. The van der Waals surface area contributed by atoms with Crippen LogP contribution in [0.1, 0.15) is 35.6 Å². The van der Waals surface area contributed by atoms with Crippen molar-refractivity contribution in [1.29, 1.82) is 0 Å². The van der Waals surface area contributed by atoms with Gasteiger partial charge in [-0.15, -0.1) is 22.7 Å². The summed E-state index contributed by atoms with van der Waals surface area (Å²) in [6.07, 6.45) is 2.50. The third-order valence-electron chi connectivity index (χ3n) is 3.19. The molecular formula is C16H22N2OS2. The van der Waals surface area contributed by atoms with E-state index in [0.29, 0.717) is 19.0 Å². The molecule has 2 N–H and O–H groups in total. The molecule has 0 aromatic carbocycles. The predicted molar refractivity (Wildman–Crippen MR) is 91.0 cm³/mol. The Hall–Kier alpha value is -1.17. The summed E-state index contributed by atoms with van der Waals surface area (Å²) in [6.45, 7) is 3.54. The molecule has 0 saturated heterocycles. The lowest BCUT2D eigenvalue weighted by Gasteiger charge is -2.16. The van der Waals surface area contributed by atoms with Gasteiger partial charge in [-0.3, -0.25) is 4.79 Å². The van der Waals surface area contributed by atoms with Crippen LogP contribution in [0.25, 0.3) is 0 Å². The third-order valence-corrected chi connectivity index (χ3v) is 5.07. The fraction of sp³-hybridized carbons (Fsp3) is 0.438. The van der Waals surface area contributed by atoms with Gasteiger partial charge in [0.25, 0.3) is 0 Å². The van der Waals surface area contributed by atoms with E-state index in [1.54, 1.807) is 22.7 Å². The van der Waals surface area contributed by atoms with Crippen LogP contribution in [0.15, 0.2) is 35.0 Å². The summed E-state index contributed by atoms with van der Waals surface area (Å²) in [5, 5.41) is 10.6. The molecule has 3 nitrogen and oxygen atoms in total. The Balaban J connectivity index is 1.84. The van der Waals surface area contributed by atoms with Crippen molar-refractivity contribution in [2.75, 3.05) is 13.1 Å². The van der Waals surface area contributed by atoms with Gasteiger partial charge in [-0.2, -0.15) is 0 Å². The van der Waals surface area contributed by atoms with Crippen molar-refractivity contribution in [2.45, 2.75) is 32.2 Å². The summed E-state index contributed by atoms with van der Waals surface area (Å²) >= 11 is 3.55. The molecule has 0 radical (unpaired) electrons. The molecule has 1 unspecified atom stereocenters. The lowest BCUT2D eigenvalue weighted by atomic mass is 10.1. The van der Waals surface area contributed by atoms with Crippen molar-refractivity contribution in [2.24, 2.45) is 0 Å². The highest BCUT2D eigenvalue weighted by Crippen LogP contribution is 2.24. The van der Waals surface area contributed by atoms with Crippen molar-refractivity contribution in [3.05, 3.63) is 44.8 Å². The molecule has 0 fully saturated rings. The lowest BCUT2D eigenvalue weighted by molar-refractivity contribution is -0.121. The Morgan fingerprint density at radius 3 is 2.67 bits per heavy atom. The summed E-state index contributed by atoms with van der Waals surface area (Å²) in [6, 6.07) is 8.79. The molecule has 1 atom stereocenters. The average molecular weight is 322 g/mol. The van der Waals surface area contributed by atoms with Gasteiger partial charge in [-0.25, -0.2) is 0 Å². The van der Waals surface area contributed by atoms with Crippen molar-refractivity contribution in [3.8, 4) is 0 Å². The zero-order valence-corrected chi connectivity index (χ0v) is 13.9. The van der Waals surface area contributed by atoms with E-state index in [-0.39, 0.29) is 5.91 Å². The lowest BCUT2D eigenvalue weighted by Crippen LogP contribution is -2.30. The number of nitrogens with one attached hydrogen (secondary N) is 2. The molecule has 114 valence electrons. The van der Waals surface area contributed by atoms with E-state index in [2.05, 4.69) is 52.6 Å². The molecule has 1 amide bonds. The molecule has 0 aliphatic rings. The molecule has 0 spiro atoms. The molecule has 0 bridgehead atoms. The van der Waals surface area contributed by atoms with E-state index in [1.807, 2.05) is 0 Å². The van der Waals surface area contributed by atoms with Crippen molar-refractivity contribution >= 4 is 28.6 Å². The first-order chi connectivity index (χ1) is 10.3.